The number of piperidine rings is 2. The average molecular weight is 461 g/mol. The van der Waals surface area contributed by atoms with Gasteiger partial charge in [-0.05, 0) is 68.8 Å². The van der Waals surface area contributed by atoms with Crippen molar-refractivity contribution in [3.63, 3.8) is 0 Å². The lowest BCUT2D eigenvalue weighted by atomic mass is 9.92. The third-order valence-electron chi connectivity index (χ3n) is 7.29. The minimum absolute atomic E-state index is 0.0741. The largest absolute Gasteiger partial charge is 0.497 e. The van der Waals surface area contributed by atoms with Crippen molar-refractivity contribution in [3.8, 4) is 11.8 Å². The summed E-state index contributed by atoms with van der Waals surface area (Å²) in [6, 6.07) is 18.5. The summed E-state index contributed by atoms with van der Waals surface area (Å²) in [4.78, 5) is 17.5. The number of benzene rings is 2. The molecule has 2 fully saturated rings. The van der Waals surface area contributed by atoms with E-state index >= 15 is 0 Å². The zero-order valence-electron chi connectivity index (χ0n) is 20.2. The first-order chi connectivity index (χ1) is 16.6. The van der Waals surface area contributed by atoms with Gasteiger partial charge in [0.05, 0.1) is 18.7 Å². The minimum Gasteiger partial charge on any atom is -0.497 e. The van der Waals surface area contributed by atoms with Crippen LogP contribution in [-0.4, -0.2) is 50.6 Å². The van der Waals surface area contributed by atoms with Crippen molar-refractivity contribution in [1.82, 2.24) is 10.2 Å². The molecule has 0 aromatic heterocycles. The molecule has 0 unspecified atom stereocenters. The Balaban J connectivity index is 1.15. The van der Waals surface area contributed by atoms with Gasteiger partial charge < -0.3 is 15.0 Å². The van der Waals surface area contributed by atoms with Crippen LogP contribution >= 0.6 is 0 Å². The van der Waals surface area contributed by atoms with E-state index in [4.69, 9.17) is 4.74 Å². The highest BCUT2D eigenvalue weighted by molar-refractivity contribution is 5.79. The summed E-state index contributed by atoms with van der Waals surface area (Å²) in [7, 11) is 1.62. The topological polar surface area (TPSA) is 68.6 Å². The highest BCUT2D eigenvalue weighted by Crippen LogP contribution is 2.28. The smallest absolute Gasteiger partial charge is 0.223 e. The molecule has 0 bridgehead atoms. The van der Waals surface area contributed by atoms with Crippen LogP contribution in [0.1, 0.15) is 43.2 Å². The number of ether oxygens (including phenoxy) is 1. The Morgan fingerprint density at radius 3 is 2.47 bits per heavy atom. The molecule has 0 aliphatic carbocycles. The zero-order valence-corrected chi connectivity index (χ0v) is 20.2. The predicted molar refractivity (Wildman–Crippen MR) is 135 cm³/mol. The van der Waals surface area contributed by atoms with Crippen molar-refractivity contribution < 1.29 is 9.53 Å². The van der Waals surface area contributed by atoms with Crippen LogP contribution < -0.4 is 15.0 Å². The third kappa shape index (κ3) is 6.51. The molecule has 1 amide bonds. The number of methoxy groups -OCH3 is 1. The van der Waals surface area contributed by atoms with Gasteiger partial charge in [0.1, 0.15) is 5.75 Å². The van der Waals surface area contributed by atoms with Crippen LogP contribution in [0.25, 0.3) is 0 Å². The van der Waals surface area contributed by atoms with Crippen molar-refractivity contribution in [2.75, 3.05) is 44.7 Å². The zero-order chi connectivity index (χ0) is 23.8. The second-order valence-electron chi connectivity index (χ2n) is 9.58. The molecule has 2 aliphatic rings. The van der Waals surface area contributed by atoms with Crippen molar-refractivity contribution in [2.24, 2.45) is 11.8 Å². The van der Waals surface area contributed by atoms with Gasteiger partial charge in [0.25, 0.3) is 0 Å². The van der Waals surface area contributed by atoms with E-state index in [1.807, 2.05) is 12.1 Å². The van der Waals surface area contributed by atoms with Crippen LogP contribution in [0.4, 0.5) is 5.69 Å². The number of nitrogens with zero attached hydrogens (tertiary/aromatic N) is 3. The Bertz CT molecular complexity index is 972. The van der Waals surface area contributed by atoms with E-state index < -0.39 is 0 Å². The first-order valence-corrected chi connectivity index (χ1v) is 12.5. The molecule has 0 spiro atoms. The first kappa shape index (κ1) is 24.1. The normalized spacial score (nSPS) is 17.8. The molecular weight excluding hydrogens is 424 g/mol. The molecule has 1 N–H and O–H groups in total. The SMILES string of the molecule is COc1cc(C#N)cc(N2CCC(C(=O)NCCC3CCN(Cc4ccccc4)CC3)CC2)c1. The lowest BCUT2D eigenvalue weighted by Gasteiger charge is -2.34. The highest BCUT2D eigenvalue weighted by Gasteiger charge is 2.26. The molecule has 0 saturated carbocycles. The summed E-state index contributed by atoms with van der Waals surface area (Å²) in [5.41, 5.74) is 2.98. The molecule has 34 heavy (non-hydrogen) atoms. The Morgan fingerprint density at radius 1 is 1.06 bits per heavy atom. The number of anilines is 1. The fourth-order valence-corrected chi connectivity index (χ4v) is 5.17. The number of nitrogens with one attached hydrogen (secondary N) is 1. The average Bonchev–Trinajstić information content (AvgIpc) is 2.90. The molecule has 2 aromatic rings. The maximum Gasteiger partial charge on any atom is 0.223 e. The van der Waals surface area contributed by atoms with Crippen LogP contribution in [0.15, 0.2) is 48.5 Å². The van der Waals surface area contributed by atoms with Crippen molar-refractivity contribution in [1.29, 1.82) is 5.26 Å². The van der Waals surface area contributed by atoms with Crippen LogP contribution in [-0.2, 0) is 11.3 Å². The Labute approximate surface area is 203 Å². The van der Waals surface area contributed by atoms with E-state index in [2.05, 4.69) is 51.5 Å². The summed E-state index contributed by atoms with van der Waals surface area (Å²) >= 11 is 0. The Morgan fingerprint density at radius 2 is 1.79 bits per heavy atom. The summed E-state index contributed by atoms with van der Waals surface area (Å²) in [5.74, 6) is 1.67. The van der Waals surface area contributed by atoms with Crippen molar-refractivity contribution >= 4 is 11.6 Å². The van der Waals surface area contributed by atoms with E-state index in [0.29, 0.717) is 17.2 Å². The number of likely N-dealkylation sites (tertiary alicyclic amines) is 1. The standard InChI is InChI=1S/C28H36N4O2/c1-34-27-18-24(20-29)17-26(19-27)32-15-10-25(11-16-32)28(33)30-12-7-22-8-13-31(14-9-22)21-23-5-3-2-4-6-23/h2-6,17-19,22,25H,7-16,21H2,1H3,(H,30,33). The van der Waals surface area contributed by atoms with Gasteiger partial charge in [0.2, 0.25) is 5.91 Å². The number of rotatable bonds is 8. The maximum atomic E-state index is 12.7. The monoisotopic (exact) mass is 460 g/mol. The van der Waals surface area contributed by atoms with E-state index in [1.54, 1.807) is 13.2 Å². The van der Waals surface area contributed by atoms with Crippen molar-refractivity contribution in [2.45, 2.75) is 38.6 Å². The fraction of sp³-hybridized carbons (Fsp3) is 0.500. The summed E-state index contributed by atoms with van der Waals surface area (Å²) in [5, 5.41) is 12.5. The lowest BCUT2D eigenvalue weighted by molar-refractivity contribution is -0.125. The van der Waals surface area contributed by atoms with Crippen LogP contribution in [0.3, 0.4) is 0 Å². The number of amides is 1. The molecular formula is C28H36N4O2. The molecule has 6 nitrogen and oxygen atoms in total. The number of nitriles is 1. The molecule has 6 heteroatoms. The van der Waals surface area contributed by atoms with E-state index in [9.17, 15) is 10.1 Å². The number of hydrogen-bond donors (Lipinski definition) is 1. The molecule has 2 heterocycles. The lowest BCUT2D eigenvalue weighted by Crippen LogP contribution is -2.41. The second-order valence-corrected chi connectivity index (χ2v) is 9.58. The highest BCUT2D eigenvalue weighted by atomic mass is 16.5. The summed E-state index contributed by atoms with van der Waals surface area (Å²) in [6.07, 6.45) is 5.18. The molecule has 4 rings (SSSR count). The number of hydrogen-bond acceptors (Lipinski definition) is 5. The van der Waals surface area contributed by atoms with E-state index in [1.165, 1.54) is 18.4 Å². The molecule has 2 aromatic carbocycles. The van der Waals surface area contributed by atoms with Gasteiger partial charge in [-0.3, -0.25) is 9.69 Å². The number of carbonyl (C=O) groups is 1. The van der Waals surface area contributed by atoms with Crippen LogP contribution in [0.2, 0.25) is 0 Å². The quantitative estimate of drug-likeness (QED) is 0.639. The molecule has 2 aliphatic heterocycles. The predicted octanol–water partition coefficient (Wildman–Crippen LogP) is 4.20. The van der Waals surface area contributed by atoms with Gasteiger partial charge in [-0.25, -0.2) is 0 Å². The Kier molecular flexibility index (Phi) is 8.43. The van der Waals surface area contributed by atoms with E-state index in [0.717, 1.165) is 64.2 Å². The van der Waals surface area contributed by atoms with E-state index in [-0.39, 0.29) is 11.8 Å². The van der Waals surface area contributed by atoms with Gasteiger partial charge in [-0.1, -0.05) is 30.3 Å². The van der Waals surface area contributed by atoms with Crippen LogP contribution in [0.5, 0.6) is 5.75 Å². The Hall–Kier alpha value is -3.04. The maximum absolute atomic E-state index is 12.7. The summed E-state index contributed by atoms with van der Waals surface area (Å²) in [6.45, 7) is 5.74. The molecule has 0 radical (unpaired) electrons. The second kappa shape index (κ2) is 11.9. The van der Waals surface area contributed by atoms with Gasteiger partial charge in [0, 0.05) is 43.9 Å². The molecule has 2 saturated heterocycles. The van der Waals surface area contributed by atoms with Gasteiger partial charge in [0.15, 0.2) is 0 Å². The summed E-state index contributed by atoms with van der Waals surface area (Å²) < 4.78 is 5.33. The fourth-order valence-electron chi connectivity index (χ4n) is 5.17. The van der Waals surface area contributed by atoms with Gasteiger partial charge in [-0.2, -0.15) is 5.26 Å². The molecule has 180 valence electrons. The van der Waals surface area contributed by atoms with Gasteiger partial charge in [-0.15, -0.1) is 0 Å². The van der Waals surface area contributed by atoms with Gasteiger partial charge >= 0.3 is 0 Å². The first-order valence-electron chi connectivity index (χ1n) is 12.5. The number of carbonyl (C=O) groups excluding carboxylic acids is 1. The van der Waals surface area contributed by atoms with Crippen molar-refractivity contribution in [3.05, 3.63) is 59.7 Å². The third-order valence-corrected chi connectivity index (χ3v) is 7.29. The minimum atomic E-state index is 0.0741. The molecule has 0 atom stereocenters. The van der Waals surface area contributed by atoms with Crippen LogP contribution in [0, 0.1) is 23.2 Å².